The molecule has 156 valence electrons. The van der Waals surface area contributed by atoms with Gasteiger partial charge < -0.3 is 16.0 Å². The Morgan fingerprint density at radius 2 is 1.68 bits per heavy atom. The lowest BCUT2D eigenvalue weighted by molar-refractivity contribution is 0.262. The van der Waals surface area contributed by atoms with Gasteiger partial charge in [0.05, 0.1) is 0 Å². The first kappa shape index (κ1) is 20.0. The van der Waals surface area contributed by atoms with Crippen LogP contribution in [0.3, 0.4) is 0 Å². The molecule has 31 heavy (non-hydrogen) atoms. The molecular formula is C21H17F2N7O. The number of carbonyl (C=O) groups excluding carboxylic acids is 1. The van der Waals surface area contributed by atoms with E-state index < -0.39 is 23.4 Å². The second-order valence-corrected chi connectivity index (χ2v) is 6.51. The molecule has 2 amide bonds. The third-order valence-corrected chi connectivity index (χ3v) is 4.21. The van der Waals surface area contributed by atoms with E-state index in [-0.39, 0.29) is 0 Å². The Bertz CT molecular complexity index is 1190. The second kappa shape index (κ2) is 8.57. The van der Waals surface area contributed by atoms with Crippen LogP contribution < -0.4 is 16.0 Å². The Morgan fingerprint density at radius 3 is 2.35 bits per heavy atom. The summed E-state index contributed by atoms with van der Waals surface area (Å²) >= 11 is 0. The summed E-state index contributed by atoms with van der Waals surface area (Å²) in [6, 6.07) is 11.1. The van der Waals surface area contributed by atoms with Crippen molar-refractivity contribution in [2.45, 2.75) is 6.92 Å². The molecule has 0 saturated heterocycles. The highest BCUT2D eigenvalue weighted by Gasteiger charge is 2.12. The number of hydrogen-bond acceptors (Lipinski definition) is 5. The van der Waals surface area contributed by atoms with Crippen molar-refractivity contribution in [3.05, 3.63) is 84.7 Å². The van der Waals surface area contributed by atoms with Gasteiger partial charge in [-0.25, -0.2) is 28.5 Å². The normalized spacial score (nSPS) is 10.5. The fourth-order valence-corrected chi connectivity index (χ4v) is 2.82. The Balaban J connectivity index is 1.42. The number of anilines is 4. The van der Waals surface area contributed by atoms with Gasteiger partial charge in [-0.15, -0.1) is 0 Å². The molecule has 2 aromatic heterocycles. The summed E-state index contributed by atoms with van der Waals surface area (Å²) in [5.74, 6) is 0.131. The summed E-state index contributed by atoms with van der Waals surface area (Å²) in [4.78, 5) is 24.8. The Morgan fingerprint density at radius 1 is 0.968 bits per heavy atom. The average molecular weight is 421 g/mol. The van der Waals surface area contributed by atoms with Crippen molar-refractivity contribution in [3.63, 3.8) is 0 Å². The number of benzene rings is 2. The lowest BCUT2D eigenvalue weighted by atomic mass is 10.2. The van der Waals surface area contributed by atoms with Crippen molar-refractivity contribution < 1.29 is 13.6 Å². The highest BCUT2D eigenvalue weighted by atomic mass is 19.1. The van der Waals surface area contributed by atoms with Gasteiger partial charge in [0, 0.05) is 29.8 Å². The van der Waals surface area contributed by atoms with Crippen molar-refractivity contribution in [2.24, 2.45) is 0 Å². The predicted octanol–water partition coefficient (Wildman–Crippen LogP) is 4.64. The number of para-hydroxylation sites is 1. The molecule has 0 atom stereocenters. The lowest BCUT2D eigenvalue weighted by Crippen LogP contribution is -2.20. The van der Waals surface area contributed by atoms with Gasteiger partial charge in [-0.1, -0.05) is 6.07 Å². The van der Waals surface area contributed by atoms with Gasteiger partial charge >= 0.3 is 6.03 Å². The van der Waals surface area contributed by atoms with Crippen LogP contribution in [0, 0.1) is 18.6 Å². The number of urea groups is 1. The van der Waals surface area contributed by atoms with Gasteiger partial charge in [0.2, 0.25) is 0 Å². The van der Waals surface area contributed by atoms with E-state index in [9.17, 15) is 13.6 Å². The SMILES string of the molecule is Cc1nc(Nc2ccc(NC(=O)Nc3c(F)cccc3F)cc2)cc(-n2ccnc2)n1. The fourth-order valence-electron chi connectivity index (χ4n) is 2.82. The van der Waals surface area contributed by atoms with Crippen LogP contribution in [-0.4, -0.2) is 25.6 Å². The number of carbonyl (C=O) groups is 1. The van der Waals surface area contributed by atoms with Gasteiger partial charge in [-0.3, -0.25) is 4.57 Å². The number of hydrogen-bond donors (Lipinski definition) is 3. The predicted molar refractivity (Wildman–Crippen MR) is 113 cm³/mol. The van der Waals surface area contributed by atoms with Gasteiger partial charge in [-0.05, 0) is 43.3 Å². The molecule has 0 unspecified atom stereocenters. The first-order chi connectivity index (χ1) is 15.0. The first-order valence-corrected chi connectivity index (χ1v) is 9.21. The largest absolute Gasteiger partial charge is 0.340 e. The van der Waals surface area contributed by atoms with Gasteiger partial charge in [0.25, 0.3) is 0 Å². The van der Waals surface area contributed by atoms with Crippen LogP contribution in [0.2, 0.25) is 0 Å². The summed E-state index contributed by atoms with van der Waals surface area (Å²) in [6.07, 6.45) is 5.08. The molecule has 4 rings (SSSR count). The highest BCUT2D eigenvalue weighted by Crippen LogP contribution is 2.21. The number of aryl methyl sites for hydroxylation is 1. The van der Waals surface area contributed by atoms with Crippen LogP contribution in [0.25, 0.3) is 5.82 Å². The molecule has 0 bridgehead atoms. The van der Waals surface area contributed by atoms with Crippen LogP contribution in [0.4, 0.5) is 36.5 Å². The number of halogens is 2. The third kappa shape index (κ3) is 4.81. The molecule has 3 N–H and O–H groups in total. The molecular weight excluding hydrogens is 404 g/mol. The molecule has 2 heterocycles. The molecule has 4 aromatic rings. The van der Waals surface area contributed by atoms with Gasteiger partial charge in [-0.2, -0.15) is 0 Å². The summed E-state index contributed by atoms with van der Waals surface area (Å²) in [6.45, 7) is 1.79. The van der Waals surface area contributed by atoms with E-state index in [1.807, 2.05) is 0 Å². The maximum absolute atomic E-state index is 13.7. The molecule has 0 aliphatic rings. The fraction of sp³-hybridized carbons (Fsp3) is 0.0476. The van der Waals surface area contributed by atoms with E-state index >= 15 is 0 Å². The maximum Gasteiger partial charge on any atom is 0.323 e. The summed E-state index contributed by atoms with van der Waals surface area (Å²) in [5.41, 5.74) is 0.657. The quantitative estimate of drug-likeness (QED) is 0.436. The maximum atomic E-state index is 13.7. The van der Waals surface area contributed by atoms with Crippen molar-refractivity contribution >= 4 is 28.9 Å². The molecule has 0 aliphatic carbocycles. The summed E-state index contributed by atoms with van der Waals surface area (Å²) in [7, 11) is 0. The van der Waals surface area contributed by atoms with Crippen molar-refractivity contribution in [2.75, 3.05) is 16.0 Å². The molecule has 2 aromatic carbocycles. The number of nitrogens with one attached hydrogen (secondary N) is 3. The van der Waals surface area contributed by atoms with Crippen LogP contribution >= 0.6 is 0 Å². The zero-order valence-corrected chi connectivity index (χ0v) is 16.3. The minimum Gasteiger partial charge on any atom is -0.340 e. The minimum atomic E-state index is -0.857. The van der Waals surface area contributed by atoms with Crippen LogP contribution in [0.1, 0.15) is 5.82 Å². The average Bonchev–Trinajstić information content (AvgIpc) is 3.27. The van der Waals surface area contributed by atoms with E-state index in [2.05, 4.69) is 30.9 Å². The number of nitrogens with zero attached hydrogens (tertiary/aromatic N) is 4. The molecule has 0 saturated carbocycles. The third-order valence-electron chi connectivity index (χ3n) is 4.21. The number of imidazole rings is 1. The minimum absolute atomic E-state index is 0.442. The van der Waals surface area contributed by atoms with Crippen LogP contribution in [0.5, 0.6) is 0 Å². The molecule has 0 aliphatic heterocycles. The smallest absolute Gasteiger partial charge is 0.323 e. The first-order valence-electron chi connectivity index (χ1n) is 9.21. The van der Waals surface area contributed by atoms with Crippen molar-refractivity contribution in [3.8, 4) is 5.82 Å². The van der Waals surface area contributed by atoms with E-state index in [1.54, 1.807) is 60.5 Å². The highest BCUT2D eigenvalue weighted by molar-refractivity contribution is 6.00. The summed E-state index contributed by atoms with van der Waals surface area (Å²) < 4.78 is 29.1. The van der Waals surface area contributed by atoms with Crippen LogP contribution in [-0.2, 0) is 0 Å². The molecule has 0 fully saturated rings. The van der Waals surface area contributed by atoms with Crippen molar-refractivity contribution in [1.29, 1.82) is 0 Å². The topological polar surface area (TPSA) is 96.8 Å². The van der Waals surface area contributed by atoms with Crippen molar-refractivity contribution in [1.82, 2.24) is 19.5 Å². The monoisotopic (exact) mass is 421 g/mol. The van der Waals surface area contributed by atoms with Gasteiger partial charge in [0.15, 0.2) is 0 Å². The molecule has 0 radical (unpaired) electrons. The number of rotatable bonds is 5. The molecule has 0 spiro atoms. The van der Waals surface area contributed by atoms with E-state index in [0.29, 0.717) is 23.1 Å². The zero-order chi connectivity index (χ0) is 21.8. The number of amides is 2. The zero-order valence-electron chi connectivity index (χ0n) is 16.3. The van der Waals surface area contributed by atoms with Crippen LogP contribution in [0.15, 0.2) is 67.3 Å². The molecule has 10 heteroatoms. The Kier molecular flexibility index (Phi) is 5.52. The number of aromatic nitrogens is 4. The van der Waals surface area contributed by atoms with E-state index in [0.717, 1.165) is 17.8 Å². The van der Waals surface area contributed by atoms with E-state index in [4.69, 9.17) is 0 Å². The second-order valence-electron chi connectivity index (χ2n) is 6.51. The summed E-state index contributed by atoms with van der Waals surface area (Å²) in [5, 5.41) is 7.86. The van der Waals surface area contributed by atoms with E-state index in [1.165, 1.54) is 6.07 Å². The standard InChI is InChI=1S/C21H17F2N7O/c1-13-25-18(11-19(26-13)30-10-9-24-12-30)27-14-5-7-15(8-6-14)28-21(31)29-20-16(22)3-2-4-17(20)23/h2-12H,1H3,(H,25,26,27)(H2,28,29,31). The Hall–Kier alpha value is -4.34. The lowest BCUT2D eigenvalue weighted by Gasteiger charge is -2.11. The molecule has 8 nitrogen and oxygen atoms in total. The van der Waals surface area contributed by atoms with Gasteiger partial charge in [0.1, 0.15) is 41.1 Å². The Labute approximate surface area is 176 Å².